The van der Waals surface area contributed by atoms with Crippen molar-refractivity contribution < 1.29 is 4.42 Å². The summed E-state index contributed by atoms with van der Waals surface area (Å²) in [6, 6.07) is 16.5. The van der Waals surface area contributed by atoms with Crippen LogP contribution in [0, 0.1) is 0 Å². The van der Waals surface area contributed by atoms with Crippen molar-refractivity contribution in [2.24, 2.45) is 0 Å². The molecule has 2 aromatic heterocycles. The quantitative estimate of drug-likeness (QED) is 0.577. The van der Waals surface area contributed by atoms with E-state index >= 15 is 0 Å². The first-order chi connectivity index (χ1) is 9.90. The maximum atomic E-state index is 5.44. The van der Waals surface area contributed by atoms with Crippen LogP contribution in [0.1, 0.15) is 0 Å². The minimum Gasteiger partial charge on any atom is -0.464 e. The summed E-state index contributed by atoms with van der Waals surface area (Å²) in [4.78, 5) is 7.41. The summed E-state index contributed by atoms with van der Waals surface area (Å²) in [7, 11) is 0. The van der Waals surface area contributed by atoms with Crippen molar-refractivity contribution in [1.29, 1.82) is 0 Å². The number of nitrogens with zero attached hydrogens (tertiary/aromatic N) is 1. The largest absolute Gasteiger partial charge is 0.464 e. The summed E-state index contributed by atoms with van der Waals surface area (Å²) in [6.45, 7) is 0. The number of aromatic nitrogens is 2. The summed E-state index contributed by atoms with van der Waals surface area (Å²) >= 11 is 0. The molecular formula is C17H12N2O. The van der Waals surface area contributed by atoms with Crippen LogP contribution >= 0.6 is 0 Å². The first kappa shape index (κ1) is 11.1. The van der Waals surface area contributed by atoms with Crippen molar-refractivity contribution in [1.82, 2.24) is 9.97 Å². The Morgan fingerprint density at radius 1 is 0.900 bits per heavy atom. The van der Waals surface area contributed by atoms with Crippen LogP contribution in [0.2, 0.25) is 0 Å². The Morgan fingerprint density at radius 2 is 1.70 bits per heavy atom. The van der Waals surface area contributed by atoms with E-state index in [1.54, 1.807) is 12.5 Å². The lowest BCUT2D eigenvalue weighted by molar-refractivity contribution is 0.582. The average Bonchev–Trinajstić information content (AvgIpc) is 3.19. The standard InChI is InChI=1S/C17H12N2O/c1-2-16(20-9-1)14-5-3-13-11-15(6-4-12(13)10-14)17-18-7-8-19-17/h1-11H,(H,18,19). The molecule has 0 saturated carbocycles. The number of aromatic amines is 1. The van der Waals surface area contributed by atoms with Crippen LogP contribution in [0.15, 0.2) is 71.6 Å². The number of rotatable bonds is 2. The molecule has 96 valence electrons. The van der Waals surface area contributed by atoms with Gasteiger partial charge in [-0.2, -0.15) is 0 Å². The number of imidazole rings is 1. The van der Waals surface area contributed by atoms with E-state index in [2.05, 4.69) is 46.4 Å². The van der Waals surface area contributed by atoms with Gasteiger partial charge in [0, 0.05) is 23.5 Å². The topological polar surface area (TPSA) is 41.8 Å². The zero-order valence-electron chi connectivity index (χ0n) is 10.7. The number of nitrogens with one attached hydrogen (secondary N) is 1. The van der Waals surface area contributed by atoms with E-state index in [1.807, 2.05) is 18.3 Å². The smallest absolute Gasteiger partial charge is 0.137 e. The molecule has 4 rings (SSSR count). The van der Waals surface area contributed by atoms with Crippen LogP contribution in [0.5, 0.6) is 0 Å². The minimum absolute atomic E-state index is 0.891. The Hall–Kier alpha value is -2.81. The molecular weight excluding hydrogens is 248 g/mol. The van der Waals surface area contributed by atoms with Crippen LogP contribution in [0.25, 0.3) is 33.5 Å². The van der Waals surface area contributed by atoms with Crippen molar-refractivity contribution >= 4 is 10.8 Å². The summed E-state index contributed by atoms with van der Waals surface area (Å²) in [5.74, 6) is 1.78. The maximum Gasteiger partial charge on any atom is 0.137 e. The minimum atomic E-state index is 0.891. The van der Waals surface area contributed by atoms with E-state index < -0.39 is 0 Å². The van der Waals surface area contributed by atoms with Gasteiger partial charge < -0.3 is 9.40 Å². The number of fused-ring (bicyclic) bond motifs is 1. The SMILES string of the molecule is c1coc(-c2ccc3cc(-c4ncc[nH]4)ccc3c2)c1. The van der Waals surface area contributed by atoms with E-state index in [1.165, 1.54) is 10.8 Å². The van der Waals surface area contributed by atoms with Crippen LogP contribution in [-0.4, -0.2) is 9.97 Å². The molecule has 0 radical (unpaired) electrons. The van der Waals surface area contributed by atoms with Gasteiger partial charge in [-0.05, 0) is 35.0 Å². The third-order valence-corrected chi connectivity index (χ3v) is 3.42. The zero-order valence-corrected chi connectivity index (χ0v) is 10.7. The summed E-state index contributed by atoms with van der Waals surface area (Å²) in [5, 5.41) is 2.38. The predicted octanol–water partition coefficient (Wildman–Crippen LogP) is 4.49. The molecule has 0 fully saturated rings. The van der Waals surface area contributed by atoms with Crippen molar-refractivity contribution in [2.75, 3.05) is 0 Å². The lowest BCUT2D eigenvalue weighted by atomic mass is 10.0. The summed E-state index contributed by atoms with van der Waals surface area (Å²) in [6.07, 6.45) is 5.29. The van der Waals surface area contributed by atoms with Gasteiger partial charge in [-0.15, -0.1) is 0 Å². The number of H-pyrrole nitrogens is 1. The van der Waals surface area contributed by atoms with Crippen LogP contribution < -0.4 is 0 Å². The molecule has 2 heterocycles. The highest BCUT2D eigenvalue weighted by atomic mass is 16.3. The number of benzene rings is 2. The highest BCUT2D eigenvalue weighted by molar-refractivity contribution is 5.89. The van der Waals surface area contributed by atoms with E-state index in [0.29, 0.717) is 0 Å². The van der Waals surface area contributed by atoms with E-state index in [0.717, 1.165) is 22.7 Å². The van der Waals surface area contributed by atoms with Crippen molar-refractivity contribution in [3.8, 4) is 22.7 Å². The molecule has 3 nitrogen and oxygen atoms in total. The molecule has 0 spiro atoms. The Labute approximate surface area is 115 Å². The highest BCUT2D eigenvalue weighted by Gasteiger charge is 2.04. The van der Waals surface area contributed by atoms with Crippen LogP contribution in [0.3, 0.4) is 0 Å². The van der Waals surface area contributed by atoms with Gasteiger partial charge in [-0.25, -0.2) is 4.98 Å². The average molecular weight is 260 g/mol. The maximum absolute atomic E-state index is 5.44. The number of hydrogen-bond acceptors (Lipinski definition) is 2. The Bertz CT molecular complexity index is 772. The lowest BCUT2D eigenvalue weighted by Crippen LogP contribution is -1.82. The highest BCUT2D eigenvalue weighted by Crippen LogP contribution is 2.27. The third-order valence-electron chi connectivity index (χ3n) is 3.42. The number of hydrogen-bond donors (Lipinski definition) is 1. The molecule has 4 aromatic rings. The monoisotopic (exact) mass is 260 g/mol. The normalized spacial score (nSPS) is 11.0. The van der Waals surface area contributed by atoms with Crippen molar-refractivity contribution in [3.63, 3.8) is 0 Å². The molecule has 1 N–H and O–H groups in total. The number of furan rings is 1. The fraction of sp³-hybridized carbons (Fsp3) is 0. The van der Waals surface area contributed by atoms with Crippen LogP contribution in [-0.2, 0) is 0 Å². The molecule has 0 bridgehead atoms. The van der Waals surface area contributed by atoms with Gasteiger partial charge in [-0.3, -0.25) is 0 Å². The molecule has 0 unspecified atom stereocenters. The molecule has 0 amide bonds. The second kappa shape index (κ2) is 4.38. The molecule has 2 aromatic carbocycles. The van der Waals surface area contributed by atoms with Gasteiger partial charge in [0.05, 0.1) is 6.26 Å². The van der Waals surface area contributed by atoms with Gasteiger partial charge in [0.2, 0.25) is 0 Å². The summed E-state index contributed by atoms with van der Waals surface area (Å²) in [5.41, 5.74) is 2.18. The second-order valence-corrected chi connectivity index (χ2v) is 4.69. The van der Waals surface area contributed by atoms with Gasteiger partial charge in [0.15, 0.2) is 0 Å². The lowest BCUT2D eigenvalue weighted by Gasteiger charge is -2.03. The predicted molar refractivity (Wildman–Crippen MR) is 79.2 cm³/mol. The Morgan fingerprint density at radius 3 is 2.40 bits per heavy atom. The Balaban J connectivity index is 1.83. The van der Waals surface area contributed by atoms with Crippen LogP contribution in [0.4, 0.5) is 0 Å². The van der Waals surface area contributed by atoms with Gasteiger partial charge in [0.1, 0.15) is 11.6 Å². The fourth-order valence-electron chi connectivity index (χ4n) is 2.41. The molecule has 0 aliphatic rings. The first-order valence-corrected chi connectivity index (χ1v) is 6.48. The van der Waals surface area contributed by atoms with Crippen molar-refractivity contribution in [2.45, 2.75) is 0 Å². The zero-order chi connectivity index (χ0) is 13.4. The van der Waals surface area contributed by atoms with E-state index in [-0.39, 0.29) is 0 Å². The molecule has 0 aliphatic carbocycles. The van der Waals surface area contributed by atoms with E-state index in [4.69, 9.17) is 4.42 Å². The van der Waals surface area contributed by atoms with Crippen molar-refractivity contribution in [3.05, 3.63) is 67.2 Å². The van der Waals surface area contributed by atoms with Gasteiger partial charge in [0.25, 0.3) is 0 Å². The molecule has 0 atom stereocenters. The molecule has 0 aliphatic heterocycles. The Kier molecular flexibility index (Phi) is 2.42. The van der Waals surface area contributed by atoms with Gasteiger partial charge >= 0.3 is 0 Å². The molecule has 3 heteroatoms. The van der Waals surface area contributed by atoms with E-state index in [9.17, 15) is 0 Å². The first-order valence-electron chi connectivity index (χ1n) is 6.48. The molecule has 0 saturated heterocycles. The second-order valence-electron chi connectivity index (χ2n) is 4.69. The fourth-order valence-corrected chi connectivity index (χ4v) is 2.41. The molecule has 20 heavy (non-hydrogen) atoms. The summed E-state index contributed by atoms with van der Waals surface area (Å²) < 4.78 is 5.44. The third kappa shape index (κ3) is 1.80. The van der Waals surface area contributed by atoms with Gasteiger partial charge in [-0.1, -0.05) is 24.3 Å².